The largest absolute Gasteiger partial charge is 0.244 e. The number of sulfonamides is 1. The van der Waals surface area contributed by atoms with Crippen molar-refractivity contribution in [3.8, 4) is 0 Å². The van der Waals surface area contributed by atoms with Crippen molar-refractivity contribution < 1.29 is 8.42 Å². The van der Waals surface area contributed by atoms with Gasteiger partial charge in [0, 0.05) is 12.1 Å². The van der Waals surface area contributed by atoms with Crippen LogP contribution in [0.5, 0.6) is 0 Å². The molecule has 0 spiro atoms. The fraction of sp³-hybridized carbons (Fsp3) is 0.133. The van der Waals surface area contributed by atoms with E-state index in [9.17, 15) is 8.42 Å². The van der Waals surface area contributed by atoms with Crippen LogP contribution in [0.3, 0.4) is 0 Å². The molecule has 0 aliphatic heterocycles. The standard InChI is InChI=1S/C15H12Cl2N2O2S2/c1-19(9-15-18-12-4-2-3-5-13(12)22-15)23(20,21)14-8-10(16)6-7-11(14)17/h2-8H,9H2,1H3. The minimum Gasteiger partial charge on any atom is -0.240 e. The SMILES string of the molecule is CN(Cc1nc2ccccc2s1)S(=O)(=O)c1cc(Cl)ccc1Cl. The first kappa shape index (κ1) is 16.7. The van der Waals surface area contributed by atoms with Gasteiger partial charge in [0.25, 0.3) is 0 Å². The Hall–Kier alpha value is -1.18. The predicted octanol–water partition coefficient (Wildman–Crippen LogP) is 4.42. The smallest absolute Gasteiger partial charge is 0.240 e. The molecule has 0 N–H and O–H groups in total. The van der Waals surface area contributed by atoms with Gasteiger partial charge in [0.15, 0.2) is 0 Å². The van der Waals surface area contributed by atoms with Crippen LogP contribution in [0.1, 0.15) is 5.01 Å². The summed E-state index contributed by atoms with van der Waals surface area (Å²) in [7, 11) is -2.25. The number of rotatable bonds is 4. The number of fused-ring (bicyclic) bond motifs is 1. The zero-order valence-electron chi connectivity index (χ0n) is 12.0. The summed E-state index contributed by atoms with van der Waals surface area (Å²) in [6, 6.07) is 12.1. The van der Waals surface area contributed by atoms with Crippen LogP contribution >= 0.6 is 34.5 Å². The monoisotopic (exact) mass is 386 g/mol. The van der Waals surface area contributed by atoms with Crippen molar-refractivity contribution >= 4 is 54.8 Å². The molecule has 3 rings (SSSR count). The summed E-state index contributed by atoms with van der Waals surface area (Å²) in [6.07, 6.45) is 0. The lowest BCUT2D eigenvalue weighted by Crippen LogP contribution is -2.26. The maximum atomic E-state index is 12.7. The summed E-state index contributed by atoms with van der Waals surface area (Å²) >= 11 is 13.4. The molecule has 0 saturated carbocycles. The van der Waals surface area contributed by atoms with Gasteiger partial charge in [-0.05, 0) is 30.3 Å². The molecule has 3 aromatic rings. The molecule has 0 bridgehead atoms. The minimum atomic E-state index is -3.74. The van der Waals surface area contributed by atoms with Crippen LogP contribution in [0.15, 0.2) is 47.4 Å². The second-order valence-electron chi connectivity index (χ2n) is 4.91. The third-order valence-corrected chi connectivity index (χ3v) is 6.82. The van der Waals surface area contributed by atoms with Gasteiger partial charge >= 0.3 is 0 Å². The fourth-order valence-corrected chi connectivity index (χ4v) is 5.07. The summed E-state index contributed by atoms with van der Waals surface area (Å²) in [6.45, 7) is 0.171. The molecule has 0 saturated heterocycles. The molecule has 1 aromatic heterocycles. The third-order valence-electron chi connectivity index (χ3n) is 3.28. The van der Waals surface area contributed by atoms with E-state index in [1.807, 2.05) is 24.3 Å². The number of aromatic nitrogens is 1. The van der Waals surface area contributed by atoms with Gasteiger partial charge in [0.2, 0.25) is 10.0 Å². The molecule has 0 aliphatic rings. The van der Waals surface area contributed by atoms with E-state index in [0.29, 0.717) is 5.02 Å². The molecule has 120 valence electrons. The average molecular weight is 387 g/mol. The molecule has 4 nitrogen and oxygen atoms in total. The van der Waals surface area contributed by atoms with Gasteiger partial charge in [0.1, 0.15) is 9.90 Å². The van der Waals surface area contributed by atoms with Crippen molar-refractivity contribution in [2.24, 2.45) is 0 Å². The minimum absolute atomic E-state index is 0.00437. The van der Waals surface area contributed by atoms with Crippen LogP contribution in [0, 0.1) is 0 Å². The van der Waals surface area contributed by atoms with E-state index in [2.05, 4.69) is 4.98 Å². The summed E-state index contributed by atoms with van der Waals surface area (Å²) < 4.78 is 27.6. The lowest BCUT2D eigenvalue weighted by molar-refractivity contribution is 0.466. The second kappa shape index (κ2) is 6.37. The van der Waals surface area contributed by atoms with Crippen LogP contribution in [0.4, 0.5) is 0 Å². The quantitative estimate of drug-likeness (QED) is 0.666. The van der Waals surface area contributed by atoms with E-state index < -0.39 is 10.0 Å². The summed E-state index contributed by atoms with van der Waals surface area (Å²) in [5.74, 6) is 0. The molecule has 0 fully saturated rings. The Morgan fingerprint density at radius 3 is 2.65 bits per heavy atom. The highest BCUT2D eigenvalue weighted by molar-refractivity contribution is 7.89. The van der Waals surface area contributed by atoms with Crippen molar-refractivity contribution in [1.29, 1.82) is 0 Å². The van der Waals surface area contributed by atoms with Gasteiger partial charge in [-0.1, -0.05) is 35.3 Å². The number of halogens is 2. The summed E-state index contributed by atoms with van der Waals surface area (Å²) in [5, 5.41) is 1.18. The van der Waals surface area contributed by atoms with Crippen molar-refractivity contribution in [1.82, 2.24) is 9.29 Å². The number of hydrogen-bond acceptors (Lipinski definition) is 4. The molecule has 0 aliphatic carbocycles. The maximum Gasteiger partial charge on any atom is 0.244 e. The Bertz CT molecular complexity index is 938. The molecular formula is C15H12Cl2N2O2S2. The Labute approximate surface area is 148 Å². The molecule has 23 heavy (non-hydrogen) atoms. The predicted molar refractivity (Wildman–Crippen MR) is 94.7 cm³/mol. The first-order chi connectivity index (χ1) is 10.9. The lowest BCUT2D eigenvalue weighted by atomic mass is 10.3. The van der Waals surface area contributed by atoms with Gasteiger partial charge in [-0.25, -0.2) is 13.4 Å². The first-order valence-corrected chi connectivity index (χ1v) is 9.65. The van der Waals surface area contributed by atoms with Crippen LogP contribution in [-0.4, -0.2) is 24.8 Å². The van der Waals surface area contributed by atoms with Crippen molar-refractivity contribution in [2.75, 3.05) is 7.05 Å². The highest BCUT2D eigenvalue weighted by Crippen LogP contribution is 2.29. The van der Waals surface area contributed by atoms with Crippen LogP contribution in [0.25, 0.3) is 10.2 Å². The number of thiazole rings is 1. The summed E-state index contributed by atoms with van der Waals surface area (Å²) in [5.41, 5.74) is 0.860. The first-order valence-electron chi connectivity index (χ1n) is 6.64. The Morgan fingerprint density at radius 2 is 1.91 bits per heavy atom. The van der Waals surface area contributed by atoms with Gasteiger partial charge in [-0.15, -0.1) is 11.3 Å². The number of hydrogen-bond donors (Lipinski definition) is 0. The van der Waals surface area contributed by atoms with Crippen molar-refractivity contribution in [2.45, 2.75) is 11.4 Å². The number of para-hydroxylation sites is 1. The lowest BCUT2D eigenvalue weighted by Gasteiger charge is -2.16. The molecular weight excluding hydrogens is 375 g/mol. The second-order valence-corrected chi connectivity index (χ2v) is 8.88. The van der Waals surface area contributed by atoms with E-state index in [1.54, 1.807) is 6.07 Å². The molecule has 2 aromatic carbocycles. The Morgan fingerprint density at radius 1 is 1.17 bits per heavy atom. The van der Waals surface area contributed by atoms with E-state index in [1.165, 1.54) is 34.8 Å². The van der Waals surface area contributed by atoms with E-state index in [-0.39, 0.29) is 16.5 Å². The van der Waals surface area contributed by atoms with Crippen LogP contribution in [0.2, 0.25) is 10.0 Å². The number of nitrogens with zero attached hydrogens (tertiary/aromatic N) is 2. The van der Waals surface area contributed by atoms with Gasteiger partial charge in [-0.3, -0.25) is 0 Å². The zero-order chi connectivity index (χ0) is 16.6. The molecule has 0 unspecified atom stereocenters. The van der Waals surface area contributed by atoms with Gasteiger partial charge < -0.3 is 0 Å². The maximum absolute atomic E-state index is 12.7. The molecule has 0 radical (unpaired) electrons. The topological polar surface area (TPSA) is 50.3 Å². The van der Waals surface area contributed by atoms with Crippen molar-refractivity contribution in [3.05, 3.63) is 57.5 Å². The average Bonchev–Trinajstić information content (AvgIpc) is 2.91. The Balaban J connectivity index is 1.92. The van der Waals surface area contributed by atoms with Crippen molar-refractivity contribution in [3.63, 3.8) is 0 Å². The molecule has 8 heteroatoms. The van der Waals surface area contributed by atoms with E-state index in [4.69, 9.17) is 23.2 Å². The van der Waals surface area contributed by atoms with Gasteiger partial charge in [0.05, 0.1) is 21.8 Å². The van der Waals surface area contributed by atoms with E-state index in [0.717, 1.165) is 15.2 Å². The summed E-state index contributed by atoms with van der Waals surface area (Å²) in [4.78, 5) is 4.45. The van der Waals surface area contributed by atoms with Crippen LogP contribution < -0.4 is 0 Å². The highest BCUT2D eigenvalue weighted by atomic mass is 35.5. The fourth-order valence-electron chi connectivity index (χ4n) is 2.11. The Kier molecular flexibility index (Phi) is 4.62. The normalized spacial score (nSPS) is 12.2. The molecule has 0 amide bonds. The zero-order valence-corrected chi connectivity index (χ0v) is 15.2. The number of benzene rings is 2. The highest BCUT2D eigenvalue weighted by Gasteiger charge is 2.25. The third kappa shape index (κ3) is 3.36. The van der Waals surface area contributed by atoms with E-state index >= 15 is 0 Å². The van der Waals surface area contributed by atoms with Crippen LogP contribution in [-0.2, 0) is 16.6 Å². The molecule has 1 heterocycles. The molecule has 0 atom stereocenters. The van der Waals surface area contributed by atoms with Gasteiger partial charge in [-0.2, -0.15) is 4.31 Å².